The lowest BCUT2D eigenvalue weighted by Crippen LogP contribution is -2.31. The number of rotatable bonds is 0. The molecule has 2 N–H and O–H groups in total. The zero-order chi connectivity index (χ0) is 15.3. The first-order valence-corrected chi connectivity index (χ1v) is 8.80. The van der Waals surface area contributed by atoms with Gasteiger partial charge in [-0.05, 0) is 23.7 Å². The van der Waals surface area contributed by atoms with E-state index in [1.165, 1.54) is 5.75 Å². The molecule has 0 bridgehead atoms. The molecule has 1 aliphatic heterocycles. The van der Waals surface area contributed by atoms with Crippen LogP contribution < -0.4 is 0 Å². The highest BCUT2D eigenvalue weighted by Gasteiger charge is 2.36. The Morgan fingerprint density at radius 1 is 1.16 bits per heavy atom. The zero-order valence-corrected chi connectivity index (χ0v) is 11.9. The summed E-state index contributed by atoms with van der Waals surface area (Å²) >= 11 is 0. The average molecular weight is 326 g/mol. The molecule has 1 saturated heterocycles. The van der Waals surface area contributed by atoms with Gasteiger partial charge in [0.15, 0.2) is 10.1 Å². The van der Waals surface area contributed by atoms with E-state index >= 15 is 0 Å². The van der Waals surface area contributed by atoms with Crippen LogP contribution >= 0.6 is 0 Å². The molecular formula is C9H17F3O5S2. The SMILES string of the molecule is C[S+]1CCCC(O)C(O)CC1.O=S(=O)([O-])C(F)(F)F. The molecule has 0 aromatic carbocycles. The molecule has 1 rings (SSSR count). The Morgan fingerprint density at radius 3 is 2.00 bits per heavy atom. The second-order valence-electron chi connectivity index (χ2n) is 4.16. The predicted octanol–water partition coefficient (Wildman–Crippen LogP) is 0.192. The second-order valence-corrected chi connectivity index (χ2v) is 7.91. The predicted molar refractivity (Wildman–Crippen MR) is 64.6 cm³/mol. The topological polar surface area (TPSA) is 97.7 Å². The van der Waals surface area contributed by atoms with Crippen LogP contribution in [0, 0.1) is 0 Å². The molecular weight excluding hydrogens is 309 g/mol. The van der Waals surface area contributed by atoms with Gasteiger partial charge in [0, 0.05) is 6.42 Å². The smallest absolute Gasteiger partial charge is 0.485 e. The van der Waals surface area contributed by atoms with Gasteiger partial charge in [0.25, 0.3) is 0 Å². The van der Waals surface area contributed by atoms with Crippen LogP contribution in [0.15, 0.2) is 0 Å². The number of hydrogen-bond acceptors (Lipinski definition) is 5. The molecule has 19 heavy (non-hydrogen) atoms. The van der Waals surface area contributed by atoms with E-state index in [1.807, 2.05) is 0 Å². The van der Waals surface area contributed by atoms with Crippen LogP contribution in [0.5, 0.6) is 0 Å². The molecule has 0 aliphatic carbocycles. The van der Waals surface area contributed by atoms with Crippen LogP contribution in [0.3, 0.4) is 0 Å². The molecule has 0 aromatic heterocycles. The van der Waals surface area contributed by atoms with Crippen molar-refractivity contribution < 1.29 is 36.4 Å². The Hall–Kier alpha value is -0.0300. The Bertz CT molecular complexity index is 357. The highest BCUT2D eigenvalue weighted by molar-refractivity contribution is 7.96. The first-order chi connectivity index (χ1) is 8.45. The highest BCUT2D eigenvalue weighted by atomic mass is 32.2. The second kappa shape index (κ2) is 7.67. The molecule has 1 fully saturated rings. The van der Waals surface area contributed by atoms with Crippen molar-refractivity contribution in [2.24, 2.45) is 0 Å². The van der Waals surface area contributed by atoms with Crippen molar-refractivity contribution in [3.05, 3.63) is 0 Å². The Balaban J connectivity index is 0.000000362. The number of aliphatic hydroxyl groups is 2. The summed E-state index contributed by atoms with van der Waals surface area (Å²) in [5.74, 6) is 2.31. The molecule has 0 radical (unpaired) electrons. The van der Waals surface area contributed by atoms with Gasteiger partial charge in [-0.1, -0.05) is 0 Å². The molecule has 3 atom stereocenters. The summed E-state index contributed by atoms with van der Waals surface area (Å²) in [5.41, 5.74) is -5.65. The largest absolute Gasteiger partial charge is 0.741 e. The molecule has 0 aromatic rings. The minimum absolute atomic E-state index is 0.465. The Morgan fingerprint density at radius 2 is 1.58 bits per heavy atom. The molecule has 10 heteroatoms. The minimum Gasteiger partial charge on any atom is -0.741 e. The summed E-state index contributed by atoms with van der Waals surface area (Å²) in [7, 11) is -5.62. The maximum Gasteiger partial charge on any atom is 0.485 e. The molecule has 3 unspecified atom stereocenters. The lowest BCUT2D eigenvalue weighted by molar-refractivity contribution is -0.0517. The summed E-state index contributed by atoms with van der Waals surface area (Å²) in [6, 6.07) is 0. The lowest BCUT2D eigenvalue weighted by Gasteiger charge is -2.19. The van der Waals surface area contributed by atoms with E-state index in [0.717, 1.165) is 25.0 Å². The van der Waals surface area contributed by atoms with Gasteiger partial charge >= 0.3 is 5.51 Å². The van der Waals surface area contributed by atoms with Crippen molar-refractivity contribution in [1.29, 1.82) is 0 Å². The van der Waals surface area contributed by atoms with Crippen molar-refractivity contribution in [3.8, 4) is 0 Å². The average Bonchev–Trinajstić information content (AvgIpc) is 2.22. The summed E-state index contributed by atoms with van der Waals surface area (Å²) in [6.45, 7) is 0. The van der Waals surface area contributed by atoms with Gasteiger partial charge < -0.3 is 14.8 Å². The Kier molecular flexibility index (Phi) is 7.66. The fourth-order valence-corrected chi connectivity index (χ4v) is 2.86. The van der Waals surface area contributed by atoms with Crippen LogP contribution in [0.1, 0.15) is 19.3 Å². The summed E-state index contributed by atoms with van der Waals surface area (Å²) < 4.78 is 58.9. The monoisotopic (exact) mass is 326 g/mol. The summed E-state index contributed by atoms with van der Waals surface area (Å²) in [5, 5.41) is 18.7. The number of hydrogen-bond donors (Lipinski definition) is 2. The first-order valence-electron chi connectivity index (χ1n) is 5.42. The van der Waals surface area contributed by atoms with Crippen molar-refractivity contribution in [2.45, 2.75) is 37.0 Å². The normalized spacial score (nSPS) is 29.7. The van der Waals surface area contributed by atoms with E-state index in [2.05, 4.69) is 6.26 Å². The van der Waals surface area contributed by atoms with E-state index in [4.69, 9.17) is 13.0 Å². The number of halogens is 3. The van der Waals surface area contributed by atoms with Gasteiger partial charge in [0.05, 0.1) is 18.5 Å². The summed E-state index contributed by atoms with van der Waals surface area (Å²) in [4.78, 5) is 0. The van der Waals surface area contributed by atoms with Crippen LogP contribution in [-0.4, -0.2) is 58.7 Å². The molecule has 1 aliphatic rings. The molecule has 5 nitrogen and oxygen atoms in total. The van der Waals surface area contributed by atoms with Crippen molar-refractivity contribution in [1.82, 2.24) is 0 Å². The van der Waals surface area contributed by atoms with Crippen LogP contribution in [0.4, 0.5) is 13.2 Å². The standard InChI is InChI=1S/C8H17O2S.CHF3O3S/c1-11-5-2-3-7(9)8(10)4-6-11;2-1(3,4)8(5,6)7/h7-10H,2-6H2,1H3;(H,5,6,7)/q+1;/p-1. The van der Waals surface area contributed by atoms with E-state index < -0.39 is 27.8 Å². The third-order valence-corrected chi connectivity index (χ3v) is 4.97. The molecule has 1 heterocycles. The maximum atomic E-state index is 10.7. The van der Waals surface area contributed by atoms with Gasteiger partial charge in [0.2, 0.25) is 0 Å². The van der Waals surface area contributed by atoms with Crippen molar-refractivity contribution >= 4 is 21.0 Å². The van der Waals surface area contributed by atoms with Crippen LogP contribution in [0.2, 0.25) is 0 Å². The van der Waals surface area contributed by atoms with Crippen LogP contribution in [-0.2, 0) is 21.0 Å². The lowest BCUT2D eigenvalue weighted by atomic mass is 10.1. The molecule has 0 amide bonds. The molecule has 0 spiro atoms. The van der Waals surface area contributed by atoms with Crippen LogP contribution in [0.25, 0.3) is 0 Å². The fourth-order valence-electron chi connectivity index (χ4n) is 1.35. The van der Waals surface area contributed by atoms with Gasteiger partial charge in [-0.25, -0.2) is 8.42 Å². The van der Waals surface area contributed by atoms with Crippen molar-refractivity contribution in [2.75, 3.05) is 17.8 Å². The minimum atomic E-state index is -6.09. The highest BCUT2D eigenvalue weighted by Crippen LogP contribution is 2.20. The van der Waals surface area contributed by atoms with Gasteiger partial charge in [-0.3, -0.25) is 0 Å². The van der Waals surface area contributed by atoms with Crippen molar-refractivity contribution in [3.63, 3.8) is 0 Å². The van der Waals surface area contributed by atoms with E-state index in [1.54, 1.807) is 0 Å². The third kappa shape index (κ3) is 7.98. The maximum absolute atomic E-state index is 10.7. The van der Waals surface area contributed by atoms with E-state index in [-0.39, 0.29) is 0 Å². The van der Waals surface area contributed by atoms with E-state index in [9.17, 15) is 23.4 Å². The number of alkyl halides is 3. The quantitative estimate of drug-likeness (QED) is 0.376. The van der Waals surface area contributed by atoms with Gasteiger partial charge in [0.1, 0.15) is 11.5 Å². The third-order valence-electron chi connectivity index (χ3n) is 2.48. The van der Waals surface area contributed by atoms with E-state index in [0.29, 0.717) is 10.9 Å². The first kappa shape index (κ1) is 19.0. The molecule has 116 valence electrons. The number of aliphatic hydroxyl groups excluding tert-OH is 2. The summed E-state index contributed by atoms with van der Waals surface area (Å²) in [6.07, 6.45) is 3.93. The fraction of sp³-hybridized carbons (Fsp3) is 1.00. The van der Waals surface area contributed by atoms with Gasteiger partial charge in [-0.15, -0.1) is 0 Å². The zero-order valence-electron chi connectivity index (χ0n) is 10.3. The molecule has 0 saturated carbocycles. The Labute approximate surface area is 112 Å². The van der Waals surface area contributed by atoms with Gasteiger partial charge in [-0.2, -0.15) is 13.2 Å².